The molecule has 13 nitrogen and oxygen atoms in total. The van der Waals surface area contributed by atoms with Crippen molar-refractivity contribution in [1.82, 2.24) is 20.6 Å². The zero-order valence-electron chi connectivity index (χ0n) is 31.8. The SMILES string of the molecule is CCCCC(CC)COC(=O)ONC(N)c1cccc(CONC(=O)[C@@H]2c3ccccc3C(=O)N([C@H]3CCCC[C@@H]3NS(C)(=O)=O)[C@H]2c2ccc(Cl)cc2Cl)c1. The predicted molar refractivity (Wildman–Crippen MR) is 214 cm³/mol. The summed E-state index contributed by atoms with van der Waals surface area (Å²) >= 11 is 13.1. The van der Waals surface area contributed by atoms with E-state index in [0.717, 1.165) is 44.8 Å². The fourth-order valence-electron chi connectivity index (χ4n) is 7.55. The molecule has 0 radical (unpaired) electrons. The summed E-state index contributed by atoms with van der Waals surface area (Å²) in [7, 11) is -3.63. The Balaban J connectivity index is 1.33. The second-order valence-corrected chi connectivity index (χ2v) is 17.0. The molecule has 1 aliphatic carbocycles. The van der Waals surface area contributed by atoms with Crippen LogP contribution in [0, 0.1) is 5.92 Å². The number of nitrogens with one attached hydrogen (secondary N) is 3. The summed E-state index contributed by atoms with van der Waals surface area (Å²) in [5.74, 6) is -1.64. The van der Waals surface area contributed by atoms with Gasteiger partial charge in [-0.25, -0.2) is 23.4 Å². The topological polar surface area (TPSA) is 178 Å². The van der Waals surface area contributed by atoms with Crippen molar-refractivity contribution in [3.05, 3.63) is 105 Å². The van der Waals surface area contributed by atoms with Gasteiger partial charge in [0.15, 0.2) is 0 Å². The lowest BCUT2D eigenvalue weighted by atomic mass is 9.76. The molecule has 2 unspecified atom stereocenters. The molecule has 2 aliphatic rings. The molecule has 16 heteroatoms. The fourth-order valence-corrected chi connectivity index (χ4v) is 8.90. The number of hydrogen-bond donors (Lipinski definition) is 4. The maximum Gasteiger partial charge on any atom is 0.527 e. The standard InChI is InChI=1S/C40H51Cl2N5O8S/c1-4-6-12-25(5-2)23-53-40(50)55-44-37(43)27-14-11-13-26(21-27)24-54-45-38(48)35-29-15-7-8-16-30(29)39(49)47(36(35)31-20-19-28(41)22-32(31)42)34-18-10-9-17-33(34)46-56(3,51)52/h7-8,11,13-16,19-22,25,33-37,44,46H,4-6,9-10,12,17-18,23-24,43H2,1-3H3,(H,45,48)/t25?,33-,34-,35+,36-,37?/m0/s1. The van der Waals surface area contributed by atoms with E-state index >= 15 is 0 Å². The number of amides is 2. The van der Waals surface area contributed by atoms with Crippen molar-refractivity contribution in [2.24, 2.45) is 11.7 Å². The van der Waals surface area contributed by atoms with Crippen molar-refractivity contribution >= 4 is 51.2 Å². The second-order valence-electron chi connectivity index (χ2n) is 14.4. The molecule has 0 aromatic heterocycles. The molecule has 1 saturated carbocycles. The van der Waals surface area contributed by atoms with Gasteiger partial charge in [0.2, 0.25) is 10.0 Å². The lowest BCUT2D eigenvalue weighted by Crippen LogP contribution is -2.59. The molecule has 56 heavy (non-hydrogen) atoms. The van der Waals surface area contributed by atoms with Gasteiger partial charge in [-0.3, -0.25) is 14.4 Å². The molecule has 5 N–H and O–H groups in total. The van der Waals surface area contributed by atoms with E-state index < -0.39 is 52.3 Å². The Morgan fingerprint density at radius 2 is 1.77 bits per heavy atom. The van der Waals surface area contributed by atoms with Crippen LogP contribution in [0.25, 0.3) is 0 Å². The molecule has 3 aromatic rings. The van der Waals surface area contributed by atoms with Crippen LogP contribution in [-0.2, 0) is 35.8 Å². The highest BCUT2D eigenvalue weighted by Crippen LogP contribution is 2.48. The number of nitrogens with two attached hydrogens (primary N) is 1. The van der Waals surface area contributed by atoms with E-state index in [4.69, 9.17) is 43.3 Å². The van der Waals surface area contributed by atoms with Gasteiger partial charge in [-0.1, -0.05) is 118 Å². The number of hydroxylamine groups is 2. The van der Waals surface area contributed by atoms with Gasteiger partial charge in [0.1, 0.15) is 6.17 Å². The average molecular weight is 833 g/mol. The molecule has 304 valence electrons. The largest absolute Gasteiger partial charge is 0.527 e. The molecular weight excluding hydrogens is 781 g/mol. The zero-order chi connectivity index (χ0) is 40.4. The van der Waals surface area contributed by atoms with E-state index in [1.165, 1.54) is 0 Å². The third kappa shape index (κ3) is 11.2. The molecular formula is C40H51Cl2N5O8S. The highest BCUT2D eigenvalue weighted by Gasteiger charge is 2.49. The second kappa shape index (κ2) is 20.1. The van der Waals surface area contributed by atoms with Crippen LogP contribution in [-0.4, -0.2) is 56.2 Å². The van der Waals surface area contributed by atoms with Crippen molar-refractivity contribution in [3.63, 3.8) is 0 Å². The summed E-state index contributed by atoms with van der Waals surface area (Å²) in [4.78, 5) is 53.6. The van der Waals surface area contributed by atoms with Gasteiger partial charge < -0.3 is 20.2 Å². The Morgan fingerprint density at radius 3 is 2.50 bits per heavy atom. The van der Waals surface area contributed by atoms with Gasteiger partial charge in [-0.15, -0.1) is 5.48 Å². The minimum atomic E-state index is -3.63. The average Bonchev–Trinajstić information content (AvgIpc) is 3.17. The number of carbonyl (C=O) groups excluding carboxylic acids is 3. The van der Waals surface area contributed by atoms with E-state index in [1.807, 2.05) is 0 Å². The van der Waals surface area contributed by atoms with E-state index in [-0.39, 0.29) is 30.1 Å². The molecule has 3 aromatic carbocycles. The molecule has 5 rings (SSSR count). The maximum atomic E-state index is 14.5. The lowest BCUT2D eigenvalue weighted by molar-refractivity contribution is -0.138. The monoisotopic (exact) mass is 831 g/mol. The summed E-state index contributed by atoms with van der Waals surface area (Å²) < 4.78 is 33.0. The van der Waals surface area contributed by atoms with E-state index in [9.17, 15) is 22.8 Å². The predicted octanol–water partition coefficient (Wildman–Crippen LogP) is 7.21. The molecule has 1 heterocycles. The number of hydrogen-bond acceptors (Lipinski definition) is 10. The Kier molecular flexibility index (Phi) is 15.6. The van der Waals surface area contributed by atoms with Gasteiger partial charge in [0, 0.05) is 27.7 Å². The Morgan fingerprint density at radius 1 is 1.00 bits per heavy atom. The van der Waals surface area contributed by atoms with E-state index in [1.54, 1.807) is 71.6 Å². The number of fused-ring (bicyclic) bond motifs is 1. The van der Waals surface area contributed by atoms with Crippen molar-refractivity contribution < 1.29 is 37.2 Å². The minimum Gasteiger partial charge on any atom is -0.433 e. The maximum absolute atomic E-state index is 14.5. The first kappa shape index (κ1) is 43.4. The number of benzene rings is 3. The number of halogens is 2. The molecule has 2 amide bonds. The van der Waals surface area contributed by atoms with Crippen molar-refractivity contribution in [2.75, 3.05) is 12.9 Å². The van der Waals surface area contributed by atoms with Crippen LogP contribution in [0.15, 0.2) is 66.7 Å². The smallest absolute Gasteiger partial charge is 0.433 e. The third-order valence-electron chi connectivity index (χ3n) is 10.4. The number of carbonyl (C=O) groups is 3. The quantitative estimate of drug-likeness (QED) is 0.0617. The van der Waals surface area contributed by atoms with Gasteiger partial charge >= 0.3 is 6.16 Å². The van der Waals surface area contributed by atoms with Gasteiger partial charge in [0.05, 0.1) is 31.4 Å². The van der Waals surface area contributed by atoms with Crippen LogP contribution >= 0.6 is 23.2 Å². The normalized spacial score (nSPS) is 20.8. The Labute approximate surface area is 338 Å². The zero-order valence-corrected chi connectivity index (χ0v) is 34.2. The molecule has 1 fully saturated rings. The third-order valence-corrected chi connectivity index (χ3v) is 11.7. The van der Waals surface area contributed by atoms with Gasteiger partial charge in [-0.05, 0) is 65.6 Å². The van der Waals surface area contributed by atoms with Crippen molar-refractivity contribution in [2.45, 2.75) is 102 Å². The Bertz CT molecular complexity index is 1950. The van der Waals surface area contributed by atoms with Crippen LogP contribution in [0.3, 0.4) is 0 Å². The van der Waals surface area contributed by atoms with Crippen LogP contribution in [0.4, 0.5) is 4.79 Å². The lowest BCUT2D eigenvalue weighted by Gasteiger charge is -2.49. The summed E-state index contributed by atoms with van der Waals surface area (Å²) in [5.41, 5.74) is 13.9. The van der Waals surface area contributed by atoms with E-state index in [2.05, 4.69) is 29.5 Å². The molecule has 1 aliphatic heterocycles. The molecule has 6 atom stereocenters. The van der Waals surface area contributed by atoms with Crippen LogP contribution in [0.2, 0.25) is 10.0 Å². The van der Waals surface area contributed by atoms with Crippen LogP contribution in [0.5, 0.6) is 0 Å². The minimum absolute atomic E-state index is 0.0578. The van der Waals surface area contributed by atoms with Crippen molar-refractivity contribution in [3.8, 4) is 0 Å². The summed E-state index contributed by atoms with van der Waals surface area (Å²) in [6.45, 7) is 4.38. The van der Waals surface area contributed by atoms with Crippen molar-refractivity contribution in [1.29, 1.82) is 0 Å². The first-order chi connectivity index (χ1) is 26.8. The summed E-state index contributed by atoms with van der Waals surface area (Å²) in [6.07, 6.45) is 5.88. The molecule has 0 spiro atoms. The van der Waals surface area contributed by atoms with Crippen LogP contribution in [0.1, 0.15) is 116 Å². The van der Waals surface area contributed by atoms with Gasteiger partial charge in [-0.2, -0.15) is 0 Å². The highest BCUT2D eigenvalue weighted by molar-refractivity contribution is 7.88. The number of rotatable bonds is 17. The number of ether oxygens (including phenoxy) is 1. The fraction of sp³-hybridized carbons (Fsp3) is 0.475. The first-order valence-corrected chi connectivity index (χ1v) is 21.6. The molecule has 0 bridgehead atoms. The number of unbranched alkanes of at least 4 members (excludes halogenated alkanes) is 1. The van der Waals surface area contributed by atoms with E-state index in [0.29, 0.717) is 45.7 Å². The summed E-state index contributed by atoms with van der Waals surface area (Å²) in [5, 5.41) is 0.621. The highest BCUT2D eigenvalue weighted by atomic mass is 35.5. The number of nitrogens with zero attached hydrogens (tertiary/aromatic N) is 1. The van der Waals surface area contributed by atoms with Gasteiger partial charge in [0.25, 0.3) is 11.8 Å². The molecule has 0 saturated heterocycles. The first-order valence-electron chi connectivity index (χ1n) is 19.0. The summed E-state index contributed by atoms with van der Waals surface area (Å²) in [6, 6.07) is 16.6. The number of sulfonamides is 1. The van der Waals surface area contributed by atoms with Crippen LogP contribution < -0.4 is 21.4 Å². The Hall–Kier alpha value is -3.76.